The van der Waals surface area contributed by atoms with Crippen molar-refractivity contribution in [1.82, 2.24) is 10.1 Å². The molecule has 1 aromatic heterocycles. The van der Waals surface area contributed by atoms with E-state index in [9.17, 15) is 22.4 Å². The Labute approximate surface area is 265 Å². The quantitative estimate of drug-likeness (QED) is 0.208. The zero-order valence-corrected chi connectivity index (χ0v) is 26.1. The smallest absolute Gasteiger partial charge is 0.403 e. The summed E-state index contributed by atoms with van der Waals surface area (Å²) in [6, 6.07) is 16.0. The lowest BCUT2D eigenvalue weighted by Gasteiger charge is -2.66. The van der Waals surface area contributed by atoms with Gasteiger partial charge in [-0.25, -0.2) is 4.39 Å². The maximum absolute atomic E-state index is 14.4. The standard InChI is InChI=1S/C36H39F4N3O3/c1-2-45-27-8-6-24(7-9-27)25-4-3-5-26(18-25)43(28(44)19-32-20-34(37,21-32)22-32)23-31-10-13-33(14-11-31,15-12-31)29-41-30(46-42-29)35(16-17-35)36(38,39)40/h3-9,18H,2,10-17,19-23H2,1H3. The third-order valence-electron chi connectivity index (χ3n) is 12.1. The lowest BCUT2D eigenvalue weighted by Crippen LogP contribution is -2.65. The second kappa shape index (κ2) is 10.0. The molecule has 3 aromatic rings. The first-order valence-electron chi connectivity index (χ1n) is 16.6. The van der Waals surface area contributed by atoms with Gasteiger partial charge in [0.05, 0.1) is 6.61 Å². The average Bonchev–Trinajstić information content (AvgIpc) is 3.70. The summed E-state index contributed by atoms with van der Waals surface area (Å²) in [6.45, 7) is 3.10. The van der Waals surface area contributed by atoms with E-state index in [4.69, 9.17) is 9.26 Å². The van der Waals surface area contributed by atoms with E-state index >= 15 is 0 Å². The van der Waals surface area contributed by atoms with E-state index in [-0.39, 0.29) is 35.5 Å². The fraction of sp³-hybridized carbons (Fsp3) is 0.583. The van der Waals surface area contributed by atoms with E-state index in [1.165, 1.54) is 0 Å². The van der Waals surface area contributed by atoms with Gasteiger partial charge in [-0.15, -0.1) is 0 Å². The van der Waals surface area contributed by atoms with Crippen LogP contribution in [0.15, 0.2) is 53.1 Å². The number of benzene rings is 2. The number of fused-ring (bicyclic) bond motifs is 3. The van der Waals surface area contributed by atoms with Crippen LogP contribution in [0.2, 0.25) is 0 Å². The maximum atomic E-state index is 14.4. The second-order valence-electron chi connectivity index (χ2n) is 15.1. The Kier molecular flexibility index (Phi) is 6.53. The third kappa shape index (κ3) is 4.76. The van der Waals surface area contributed by atoms with Crippen LogP contribution < -0.4 is 9.64 Å². The summed E-state index contributed by atoms with van der Waals surface area (Å²) in [4.78, 5) is 20.4. The van der Waals surface area contributed by atoms with Crippen molar-refractivity contribution in [2.45, 2.75) is 107 Å². The van der Waals surface area contributed by atoms with Gasteiger partial charge in [-0.1, -0.05) is 29.4 Å². The second-order valence-corrected chi connectivity index (χ2v) is 15.1. The lowest BCUT2D eigenvalue weighted by molar-refractivity contribution is -0.215. The number of ether oxygens (including phenoxy) is 1. The molecule has 1 heterocycles. The highest BCUT2D eigenvalue weighted by atomic mass is 19.4. The van der Waals surface area contributed by atoms with Crippen molar-refractivity contribution >= 4 is 11.6 Å². The van der Waals surface area contributed by atoms with Gasteiger partial charge in [0.25, 0.3) is 0 Å². The molecule has 7 fully saturated rings. The number of hydrogen-bond donors (Lipinski definition) is 0. The average molecular weight is 638 g/mol. The molecule has 7 aliphatic rings. The van der Waals surface area contributed by atoms with E-state index in [1.54, 1.807) is 0 Å². The minimum Gasteiger partial charge on any atom is -0.494 e. The Balaban J connectivity index is 1.03. The molecule has 10 heteroatoms. The van der Waals surface area contributed by atoms with Gasteiger partial charge in [-0.05, 0) is 124 Å². The van der Waals surface area contributed by atoms with Crippen LogP contribution in [0, 0.1) is 10.8 Å². The van der Waals surface area contributed by atoms with Crippen molar-refractivity contribution in [1.29, 1.82) is 0 Å². The van der Waals surface area contributed by atoms with Gasteiger partial charge in [0.1, 0.15) is 16.8 Å². The summed E-state index contributed by atoms with van der Waals surface area (Å²) in [7, 11) is 0. The molecule has 2 aromatic carbocycles. The molecule has 244 valence electrons. The molecule has 7 saturated carbocycles. The molecule has 10 rings (SSSR count). The van der Waals surface area contributed by atoms with E-state index in [0.29, 0.717) is 44.7 Å². The van der Waals surface area contributed by atoms with E-state index in [1.807, 2.05) is 54.3 Å². The number of rotatable bonds is 10. The first-order chi connectivity index (χ1) is 21.9. The van der Waals surface area contributed by atoms with Gasteiger partial charge in [0.15, 0.2) is 5.82 Å². The Hall–Kier alpha value is -3.43. The van der Waals surface area contributed by atoms with Crippen molar-refractivity contribution in [3.05, 3.63) is 60.2 Å². The number of alkyl halides is 4. The van der Waals surface area contributed by atoms with Gasteiger partial charge in [0, 0.05) is 24.1 Å². The predicted octanol–water partition coefficient (Wildman–Crippen LogP) is 8.64. The molecule has 0 aliphatic heterocycles. The van der Waals surface area contributed by atoms with Crippen LogP contribution in [0.5, 0.6) is 5.75 Å². The third-order valence-corrected chi connectivity index (χ3v) is 12.1. The number of carbonyl (C=O) groups excluding carboxylic acids is 1. The van der Waals surface area contributed by atoms with Crippen LogP contribution in [-0.4, -0.2) is 41.0 Å². The molecule has 7 aliphatic carbocycles. The molecule has 46 heavy (non-hydrogen) atoms. The number of anilines is 1. The first kappa shape index (κ1) is 29.9. The van der Waals surface area contributed by atoms with Gasteiger partial charge in [0.2, 0.25) is 11.8 Å². The minimum absolute atomic E-state index is 0.00844. The van der Waals surface area contributed by atoms with Crippen molar-refractivity contribution in [2.75, 3.05) is 18.1 Å². The monoisotopic (exact) mass is 637 g/mol. The van der Waals surface area contributed by atoms with Gasteiger partial charge in [-0.2, -0.15) is 18.2 Å². The summed E-state index contributed by atoms with van der Waals surface area (Å²) in [5, 5.41) is 4.12. The highest BCUT2D eigenvalue weighted by molar-refractivity contribution is 5.95. The lowest BCUT2D eigenvalue weighted by atomic mass is 9.41. The summed E-state index contributed by atoms with van der Waals surface area (Å²) < 4.78 is 66.5. The molecule has 0 radical (unpaired) electrons. The van der Waals surface area contributed by atoms with Crippen molar-refractivity contribution in [3.8, 4) is 16.9 Å². The van der Waals surface area contributed by atoms with Crippen molar-refractivity contribution in [2.24, 2.45) is 10.8 Å². The van der Waals surface area contributed by atoms with Gasteiger partial charge in [-0.3, -0.25) is 4.79 Å². The first-order valence-corrected chi connectivity index (χ1v) is 16.6. The highest BCUT2D eigenvalue weighted by Crippen LogP contribution is 2.71. The van der Waals surface area contributed by atoms with E-state index < -0.39 is 22.7 Å². The number of hydrogen-bond acceptors (Lipinski definition) is 5. The number of halogens is 4. The molecule has 1 amide bonds. The Morgan fingerprint density at radius 1 is 0.913 bits per heavy atom. The van der Waals surface area contributed by atoms with Crippen LogP contribution in [0.1, 0.15) is 95.7 Å². The minimum atomic E-state index is -4.40. The highest BCUT2D eigenvalue weighted by Gasteiger charge is 2.70. The number of aromatic nitrogens is 2. The summed E-state index contributed by atoms with van der Waals surface area (Å²) in [6.07, 6.45) is 2.05. The van der Waals surface area contributed by atoms with Crippen LogP contribution in [0.3, 0.4) is 0 Å². The molecule has 0 spiro atoms. The van der Waals surface area contributed by atoms with Crippen LogP contribution in [-0.2, 0) is 15.6 Å². The number of carbonyl (C=O) groups is 1. The van der Waals surface area contributed by atoms with Crippen LogP contribution in [0.25, 0.3) is 11.1 Å². The Morgan fingerprint density at radius 3 is 2.17 bits per heavy atom. The number of nitrogens with zero attached hydrogens (tertiary/aromatic N) is 3. The molecule has 4 bridgehead atoms. The summed E-state index contributed by atoms with van der Waals surface area (Å²) >= 11 is 0. The molecule has 0 N–H and O–H groups in total. The molecule has 6 nitrogen and oxygen atoms in total. The Morgan fingerprint density at radius 2 is 1.59 bits per heavy atom. The van der Waals surface area contributed by atoms with Gasteiger partial charge < -0.3 is 14.2 Å². The summed E-state index contributed by atoms with van der Waals surface area (Å²) in [5.41, 5.74) is -0.929. The summed E-state index contributed by atoms with van der Waals surface area (Å²) in [5.74, 6) is 0.954. The normalized spacial score (nSPS) is 31.9. The molecular weight excluding hydrogens is 598 g/mol. The van der Waals surface area contributed by atoms with Crippen molar-refractivity contribution in [3.63, 3.8) is 0 Å². The topological polar surface area (TPSA) is 68.5 Å². The maximum Gasteiger partial charge on any atom is 0.403 e. The molecule has 0 saturated heterocycles. The Bertz CT molecular complexity index is 1620. The zero-order chi connectivity index (χ0) is 32.0. The molecule has 0 unspecified atom stereocenters. The van der Waals surface area contributed by atoms with Crippen molar-refractivity contribution < 1.29 is 31.6 Å². The SMILES string of the molecule is CCOc1ccc(-c2cccc(N(CC34CCC(c5noc(C6(C(F)(F)F)CC6)n5)(CC3)CC4)C(=O)CC34CC(F)(C3)C4)c2)cc1. The molecular formula is C36H39F4N3O3. The zero-order valence-electron chi connectivity index (χ0n) is 26.1. The predicted molar refractivity (Wildman–Crippen MR) is 163 cm³/mol. The van der Waals surface area contributed by atoms with Crippen LogP contribution >= 0.6 is 0 Å². The fourth-order valence-electron chi connectivity index (χ4n) is 9.10. The molecule has 0 atom stereocenters. The number of amides is 1. The van der Waals surface area contributed by atoms with Crippen LogP contribution in [0.4, 0.5) is 23.2 Å². The van der Waals surface area contributed by atoms with E-state index in [2.05, 4.69) is 16.2 Å². The van der Waals surface area contributed by atoms with Gasteiger partial charge >= 0.3 is 6.18 Å². The van der Waals surface area contributed by atoms with E-state index in [0.717, 1.165) is 61.1 Å². The fourth-order valence-corrected chi connectivity index (χ4v) is 9.10. The largest absolute Gasteiger partial charge is 0.494 e.